The molecule has 1 N–H and O–H groups in total. The molecule has 2 aromatic carbocycles. The van der Waals surface area contributed by atoms with Gasteiger partial charge in [0.2, 0.25) is 10.0 Å². The third kappa shape index (κ3) is 3.51. The highest BCUT2D eigenvalue weighted by Crippen LogP contribution is 2.44. The Bertz CT molecular complexity index is 1040. The topological polar surface area (TPSA) is 81.4 Å². The van der Waals surface area contributed by atoms with Gasteiger partial charge in [-0.1, -0.05) is 48.5 Å². The maximum Gasteiger partial charge on any atom is 0.244 e. The minimum absolute atomic E-state index is 0.136. The first kappa shape index (κ1) is 19.8. The van der Waals surface area contributed by atoms with Crippen molar-refractivity contribution in [3.05, 3.63) is 71.8 Å². The normalized spacial score (nSPS) is 25.0. The molecule has 2 aromatic rings. The minimum Gasteiger partial charge on any atom is -0.395 e. The van der Waals surface area contributed by atoms with Crippen LogP contribution in [0.5, 0.6) is 0 Å². The Labute approximate surface area is 172 Å². The molecule has 0 spiro atoms. The second-order valence-corrected chi connectivity index (χ2v) is 9.44. The number of hydrogen-bond acceptors (Lipinski definition) is 4. The zero-order valence-corrected chi connectivity index (χ0v) is 16.9. The van der Waals surface area contributed by atoms with Crippen molar-refractivity contribution in [2.24, 2.45) is 0 Å². The predicted molar refractivity (Wildman–Crippen MR) is 111 cm³/mol. The van der Waals surface area contributed by atoms with E-state index < -0.39 is 22.1 Å². The molecule has 0 amide bonds. The lowest BCUT2D eigenvalue weighted by atomic mass is 9.78. The summed E-state index contributed by atoms with van der Waals surface area (Å²) in [5.74, 6) is -0.349. The fourth-order valence-electron chi connectivity index (χ4n) is 4.43. The summed E-state index contributed by atoms with van der Waals surface area (Å²) < 4.78 is 27.3. The summed E-state index contributed by atoms with van der Waals surface area (Å²) >= 11 is 0. The summed E-state index contributed by atoms with van der Waals surface area (Å²) in [6.45, 7) is -0.332. The van der Waals surface area contributed by atoms with Crippen molar-refractivity contribution in [2.45, 2.75) is 48.6 Å². The van der Waals surface area contributed by atoms with E-state index in [1.54, 1.807) is 18.2 Å². The highest BCUT2D eigenvalue weighted by atomic mass is 32.2. The molecule has 1 fully saturated rings. The number of nitrogens with zero attached hydrogens (tertiary/aromatic N) is 2. The van der Waals surface area contributed by atoms with Gasteiger partial charge in [0, 0.05) is 5.92 Å². The zero-order valence-electron chi connectivity index (χ0n) is 16.1. The zero-order chi connectivity index (χ0) is 20.4. The van der Waals surface area contributed by atoms with Crippen molar-refractivity contribution in [1.29, 1.82) is 5.26 Å². The van der Waals surface area contributed by atoms with E-state index in [-0.39, 0.29) is 17.4 Å². The number of benzene rings is 2. The quantitative estimate of drug-likeness (QED) is 0.818. The van der Waals surface area contributed by atoms with Gasteiger partial charge in [-0.3, -0.25) is 0 Å². The number of nitriles is 1. The van der Waals surface area contributed by atoms with Gasteiger partial charge in [0.15, 0.2) is 0 Å². The van der Waals surface area contributed by atoms with Crippen molar-refractivity contribution >= 4 is 15.6 Å². The van der Waals surface area contributed by atoms with Crippen LogP contribution in [0.3, 0.4) is 0 Å². The van der Waals surface area contributed by atoms with Gasteiger partial charge in [-0.15, -0.1) is 0 Å². The lowest BCUT2D eigenvalue weighted by Crippen LogP contribution is -2.64. The molecule has 1 heterocycles. The van der Waals surface area contributed by atoms with Crippen LogP contribution in [-0.4, -0.2) is 36.5 Å². The summed E-state index contributed by atoms with van der Waals surface area (Å²) in [6.07, 6.45) is 6.90. The average molecular weight is 409 g/mol. The highest BCUT2D eigenvalue weighted by molar-refractivity contribution is 7.89. The maximum absolute atomic E-state index is 13.0. The molecule has 1 aliphatic heterocycles. The molecule has 0 bridgehead atoms. The number of hydrogen-bond donors (Lipinski definition) is 1. The van der Waals surface area contributed by atoms with E-state index in [9.17, 15) is 18.8 Å². The molecular weight excluding hydrogens is 384 g/mol. The summed E-state index contributed by atoms with van der Waals surface area (Å²) in [5, 5.41) is 19.7. The van der Waals surface area contributed by atoms with Crippen LogP contribution in [0.25, 0.3) is 5.57 Å². The van der Waals surface area contributed by atoms with Crippen molar-refractivity contribution < 1.29 is 13.5 Å². The Morgan fingerprint density at radius 3 is 2.38 bits per heavy atom. The van der Waals surface area contributed by atoms with E-state index >= 15 is 0 Å². The Kier molecular flexibility index (Phi) is 5.55. The fourth-order valence-corrected chi connectivity index (χ4v) is 6.21. The van der Waals surface area contributed by atoms with Gasteiger partial charge in [0.1, 0.15) is 6.04 Å². The van der Waals surface area contributed by atoms with E-state index in [4.69, 9.17) is 0 Å². The van der Waals surface area contributed by atoms with Crippen LogP contribution in [0.4, 0.5) is 0 Å². The molecular formula is C23H24N2O3S. The monoisotopic (exact) mass is 408 g/mol. The molecule has 4 rings (SSSR count). The summed E-state index contributed by atoms with van der Waals surface area (Å²) in [6, 6.07) is 16.8. The van der Waals surface area contributed by atoms with E-state index in [0.717, 1.165) is 22.7 Å². The van der Waals surface area contributed by atoms with E-state index in [1.807, 2.05) is 24.3 Å². The molecule has 2 aliphatic rings. The molecule has 5 nitrogen and oxygen atoms in total. The third-order valence-corrected chi connectivity index (χ3v) is 7.87. The second kappa shape index (κ2) is 8.11. The van der Waals surface area contributed by atoms with Crippen molar-refractivity contribution in [3.63, 3.8) is 0 Å². The first-order valence-electron chi connectivity index (χ1n) is 9.96. The lowest BCUT2D eigenvalue weighted by molar-refractivity contribution is 0.0557. The fraction of sp³-hybridized carbons (Fsp3) is 0.348. The van der Waals surface area contributed by atoms with Gasteiger partial charge >= 0.3 is 0 Å². The summed E-state index contributed by atoms with van der Waals surface area (Å²) in [4.78, 5) is 0.136. The number of aliphatic hydroxyl groups is 1. The van der Waals surface area contributed by atoms with Crippen LogP contribution >= 0.6 is 0 Å². The van der Waals surface area contributed by atoms with Crippen LogP contribution in [0, 0.1) is 11.3 Å². The Morgan fingerprint density at radius 2 is 1.79 bits per heavy atom. The largest absolute Gasteiger partial charge is 0.395 e. The van der Waals surface area contributed by atoms with E-state index in [0.29, 0.717) is 0 Å². The first-order chi connectivity index (χ1) is 14.1. The SMILES string of the molecule is N#C[C@@H]1[C@H](c2ccc(C3=CCCCC3)cc2)[C@@H](CO)N1S(=O)(=O)c1ccccc1. The standard InChI is InChI=1S/C23H24N2O3S/c24-15-21-23(19-13-11-18(12-14-19)17-7-3-1-4-8-17)22(16-26)25(21)29(27,28)20-9-5-2-6-10-20/h2,5-7,9-14,21-23,26H,1,3-4,8,16H2/t21-,22-,23+/m1/s1. The molecule has 150 valence electrons. The number of aliphatic hydroxyl groups excluding tert-OH is 1. The molecule has 0 aromatic heterocycles. The third-order valence-electron chi connectivity index (χ3n) is 5.95. The molecule has 0 unspecified atom stereocenters. The van der Waals surface area contributed by atoms with Gasteiger partial charge in [0.25, 0.3) is 0 Å². The minimum atomic E-state index is -3.85. The highest BCUT2D eigenvalue weighted by Gasteiger charge is 2.55. The van der Waals surface area contributed by atoms with Crippen LogP contribution in [0.2, 0.25) is 0 Å². The van der Waals surface area contributed by atoms with Crippen LogP contribution in [-0.2, 0) is 10.0 Å². The predicted octanol–water partition coefficient (Wildman–Crippen LogP) is 3.69. The van der Waals surface area contributed by atoms with Gasteiger partial charge in [-0.25, -0.2) is 8.42 Å². The van der Waals surface area contributed by atoms with Gasteiger partial charge in [-0.05, 0) is 54.5 Å². The van der Waals surface area contributed by atoms with Crippen molar-refractivity contribution in [3.8, 4) is 6.07 Å². The van der Waals surface area contributed by atoms with Crippen molar-refractivity contribution in [1.82, 2.24) is 4.31 Å². The molecule has 3 atom stereocenters. The van der Waals surface area contributed by atoms with Gasteiger partial charge in [-0.2, -0.15) is 9.57 Å². The number of rotatable bonds is 5. The average Bonchev–Trinajstić information content (AvgIpc) is 2.75. The van der Waals surface area contributed by atoms with Gasteiger partial charge < -0.3 is 5.11 Å². The molecule has 6 heteroatoms. The molecule has 1 aliphatic carbocycles. The molecule has 0 radical (unpaired) electrons. The first-order valence-corrected chi connectivity index (χ1v) is 11.4. The van der Waals surface area contributed by atoms with Crippen LogP contribution in [0.1, 0.15) is 42.7 Å². The Balaban J connectivity index is 1.62. The Morgan fingerprint density at radius 1 is 1.07 bits per heavy atom. The number of allylic oxidation sites excluding steroid dienone is 2. The number of sulfonamides is 1. The molecule has 29 heavy (non-hydrogen) atoms. The van der Waals surface area contributed by atoms with Crippen LogP contribution in [0.15, 0.2) is 65.6 Å². The van der Waals surface area contributed by atoms with E-state index in [2.05, 4.69) is 12.1 Å². The maximum atomic E-state index is 13.0. The Hall–Kier alpha value is -2.46. The van der Waals surface area contributed by atoms with Crippen LogP contribution < -0.4 is 0 Å². The lowest BCUT2D eigenvalue weighted by Gasteiger charge is -2.50. The summed E-state index contributed by atoms with van der Waals surface area (Å²) in [5.41, 5.74) is 3.41. The van der Waals surface area contributed by atoms with E-state index in [1.165, 1.54) is 36.1 Å². The smallest absolute Gasteiger partial charge is 0.244 e. The van der Waals surface area contributed by atoms with Crippen molar-refractivity contribution in [2.75, 3.05) is 6.61 Å². The molecule has 1 saturated heterocycles. The second-order valence-electron chi connectivity index (χ2n) is 7.59. The summed E-state index contributed by atoms with van der Waals surface area (Å²) in [7, 11) is -3.85. The molecule has 0 saturated carbocycles. The van der Waals surface area contributed by atoms with Gasteiger partial charge in [0.05, 0.1) is 23.6 Å².